The molecule has 2 heterocycles. The number of aliphatic hydroxyl groups excluding tert-OH is 1. The van der Waals surface area contributed by atoms with Gasteiger partial charge >= 0.3 is 0 Å². The van der Waals surface area contributed by atoms with E-state index in [2.05, 4.69) is 0 Å². The predicted molar refractivity (Wildman–Crippen MR) is 84.1 cm³/mol. The van der Waals surface area contributed by atoms with Gasteiger partial charge in [0, 0.05) is 19.0 Å². The molecule has 0 bridgehead atoms. The van der Waals surface area contributed by atoms with Crippen molar-refractivity contribution in [3.63, 3.8) is 0 Å². The van der Waals surface area contributed by atoms with Crippen LogP contribution in [0, 0.1) is 5.92 Å². The molecule has 0 aromatic carbocycles. The number of primary amides is 1. The van der Waals surface area contributed by atoms with Crippen molar-refractivity contribution in [2.45, 2.75) is 64.1 Å². The van der Waals surface area contributed by atoms with E-state index >= 15 is 0 Å². The summed E-state index contributed by atoms with van der Waals surface area (Å²) in [4.78, 5) is 40.4. The third kappa shape index (κ3) is 2.94. The molecule has 0 aromatic rings. The van der Waals surface area contributed by atoms with Gasteiger partial charge < -0.3 is 20.6 Å². The number of hydrogen-bond acceptors (Lipinski definition) is 4. The molecule has 2 saturated heterocycles. The van der Waals surface area contributed by atoms with Gasteiger partial charge in [0.05, 0.1) is 6.10 Å². The summed E-state index contributed by atoms with van der Waals surface area (Å²) in [7, 11) is 0. The van der Waals surface area contributed by atoms with E-state index in [-0.39, 0.29) is 17.7 Å². The second kappa shape index (κ2) is 6.47. The third-order valence-corrected chi connectivity index (χ3v) is 5.01. The van der Waals surface area contributed by atoms with Gasteiger partial charge in [0.15, 0.2) is 0 Å². The van der Waals surface area contributed by atoms with Crippen LogP contribution in [0.2, 0.25) is 0 Å². The van der Waals surface area contributed by atoms with Crippen molar-refractivity contribution in [3.05, 3.63) is 0 Å². The van der Waals surface area contributed by atoms with Crippen LogP contribution >= 0.6 is 0 Å². The van der Waals surface area contributed by atoms with Crippen molar-refractivity contribution < 1.29 is 19.5 Å². The summed E-state index contributed by atoms with van der Waals surface area (Å²) < 4.78 is 0. The molecule has 130 valence electrons. The third-order valence-electron chi connectivity index (χ3n) is 5.01. The summed E-state index contributed by atoms with van der Waals surface area (Å²) in [6.07, 6.45) is 1.80. The topological polar surface area (TPSA) is 104 Å². The van der Waals surface area contributed by atoms with Crippen LogP contribution in [0.4, 0.5) is 0 Å². The quantitative estimate of drug-likeness (QED) is 0.750. The largest absolute Gasteiger partial charge is 0.391 e. The lowest BCUT2D eigenvalue weighted by Gasteiger charge is -2.44. The molecule has 2 fully saturated rings. The highest BCUT2D eigenvalue weighted by Gasteiger charge is 2.55. The Kier molecular flexibility index (Phi) is 4.98. The van der Waals surface area contributed by atoms with Gasteiger partial charge in [-0.25, -0.2) is 0 Å². The lowest BCUT2D eigenvalue weighted by atomic mass is 9.84. The van der Waals surface area contributed by atoms with Gasteiger partial charge in [0.1, 0.15) is 11.6 Å². The predicted octanol–water partition coefficient (Wildman–Crippen LogP) is -0.139. The Morgan fingerprint density at radius 2 is 1.83 bits per heavy atom. The number of likely N-dealkylation sites (tertiary alicyclic amines) is 2. The average Bonchev–Trinajstić information content (AvgIpc) is 2.77. The molecule has 1 spiro atoms. The van der Waals surface area contributed by atoms with Crippen LogP contribution in [0.15, 0.2) is 0 Å². The van der Waals surface area contributed by atoms with Crippen molar-refractivity contribution in [2.75, 3.05) is 13.1 Å². The Labute approximate surface area is 136 Å². The summed E-state index contributed by atoms with van der Waals surface area (Å²) in [5.74, 6) is -1.19. The van der Waals surface area contributed by atoms with Crippen LogP contribution in [0.1, 0.15) is 46.5 Å². The zero-order valence-electron chi connectivity index (χ0n) is 14.1. The zero-order valence-corrected chi connectivity index (χ0v) is 14.1. The van der Waals surface area contributed by atoms with Crippen molar-refractivity contribution in [3.8, 4) is 0 Å². The molecule has 3 N–H and O–H groups in total. The highest BCUT2D eigenvalue weighted by Crippen LogP contribution is 2.39. The van der Waals surface area contributed by atoms with Crippen LogP contribution in [0.5, 0.6) is 0 Å². The van der Waals surface area contributed by atoms with Crippen molar-refractivity contribution in [1.82, 2.24) is 9.80 Å². The summed E-state index contributed by atoms with van der Waals surface area (Å²) in [5, 5.41) is 9.84. The van der Waals surface area contributed by atoms with Crippen LogP contribution in [-0.2, 0) is 14.4 Å². The van der Waals surface area contributed by atoms with Gasteiger partial charge in [-0.1, -0.05) is 13.8 Å². The molecular weight excluding hydrogens is 298 g/mol. The minimum atomic E-state index is -1.04. The molecule has 0 radical (unpaired) electrons. The Morgan fingerprint density at radius 1 is 1.17 bits per heavy atom. The van der Waals surface area contributed by atoms with Crippen molar-refractivity contribution >= 4 is 17.7 Å². The van der Waals surface area contributed by atoms with Gasteiger partial charge in [-0.05, 0) is 32.6 Å². The maximum atomic E-state index is 13.1. The molecule has 3 atom stereocenters. The molecule has 0 aromatic heterocycles. The maximum Gasteiger partial charge on any atom is 0.249 e. The fourth-order valence-corrected chi connectivity index (χ4v) is 3.85. The SMILES string of the molecule is CC(C)C(=O)N1CCCCC12CCN([C@H](C(N)=O)[C@@H](C)O)C2=O. The lowest BCUT2D eigenvalue weighted by Crippen LogP contribution is -2.62. The monoisotopic (exact) mass is 325 g/mol. The summed E-state index contributed by atoms with van der Waals surface area (Å²) in [6, 6.07) is -1.04. The van der Waals surface area contributed by atoms with Gasteiger partial charge in [0.2, 0.25) is 17.7 Å². The number of piperidine rings is 1. The molecule has 2 aliphatic heterocycles. The summed E-state index contributed by atoms with van der Waals surface area (Å²) >= 11 is 0. The summed E-state index contributed by atoms with van der Waals surface area (Å²) in [6.45, 7) is 5.99. The first kappa shape index (κ1) is 17.7. The Hall–Kier alpha value is -1.63. The van der Waals surface area contributed by atoms with Crippen molar-refractivity contribution in [1.29, 1.82) is 0 Å². The minimum Gasteiger partial charge on any atom is -0.391 e. The van der Waals surface area contributed by atoms with E-state index in [1.165, 1.54) is 11.8 Å². The number of aliphatic hydroxyl groups is 1. The first-order valence-corrected chi connectivity index (χ1v) is 8.32. The fourth-order valence-electron chi connectivity index (χ4n) is 3.85. The first-order valence-electron chi connectivity index (χ1n) is 8.32. The number of carbonyl (C=O) groups excluding carboxylic acids is 3. The molecule has 0 aliphatic carbocycles. The van der Waals surface area contributed by atoms with Gasteiger partial charge in [-0.3, -0.25) is 14.4 Å². The zero-order chi connectivity index (χ0) is 17.4. The van der Waals surface area contributed by atoms with Crippen LogP contribution < -0.4 is 5.73 Å². The molecule has 2 rings (SSSR count). The van der Waals surface area contributed by atoms with Crippen LogP contribution in [0.3, 0.4) is 0 Å². The average molecular weight is 325 g/mol. The smallest absolute Gasteiger partial charge is 0.249 e. The molecule has 2 aliphatic rings. The number of nitrogens with two attached hydrogens (primary N) is 1. The standard InChI is InChI=1S/C16H27N3O4/c1-10(2)14(22)19-8-5-4-6-16(19)7-9-18(15(16)23)12(11(3)20)13(17)21/h10-12,20H,4-9H2,1-3H3,(H2,17,21)/t11-,12+,16?/m1/s1. The van der Waals surface area contributed by atoms with Gasteiger partial charge in [-0.15, -0.1) is 0 Å². The highest BCUT2D eigenvalue weighted by atomic mass is 16.3. The molecule has 23 heavy (non-hydrogen) atoms. The van der Waals surface area contributed by atoms with E-state index in [1.54, 1.807) is 4.90 Å². The fraction of sp³-hybridized carbons (Fsp3) is 0.812. The van der Waals surface area contributed by atoms with E-state index in [0.717, 1.165) is 12.8 Å². The lowest BCUT2D eigenvalue weighted by molar-refractivity contribution is -0.156. The van der Waals surface area contributed by atoms with Gasteiger partial charge in [-0.2, -0.15) is 0 Å². The molecule has 1 unspecified atom stereocenters. The molecule has 3 amide bonds. The number of hydrogen-bond donors (Lipinski definition) is 2. The number of rotatable bonds is 4. The van der Waals surface area contributed by atoms with E-state index in [9.17, 15) is 19.5 Å². The Morgan fingerprint density at radius 3 is 2.35 bits per heavy atom. The molecule has 0 saturated carbocycles. The maximum absolute atomic E-state index is 13.1. The normalized spacial score (nSPS) is 27.6. The first-order chi connectivity index (χ1) is 10.7. The van der Waals surface area contributed by atoms with Crippen LogP contribution in [-0.4, -0.2) is 63.4 Å². The van der Waals surface area contributed by atoms with Gasteiger partial charge in [0.25, 0.3) is 0 Å². The number of carbonyl (C=O) groups is 3. The molecule has 7 nitrogen and oxygen atoms in total. The summed E-state index contributed by atoms with van der Waals surface area (Å²) in [5.41, 5.74) is 4.49. The minimum absolute atomic E-state index is 0.0347. The van der Waals surface area contributed by atoms with E-state index < -0.39 is 23.6 Å². The Balaban J connectivity index is 2.33. The number of nitrogens with zero attached hydrogens (tertiary/aromatic N) is 2. The molecular formula is C16H27N3O4. The molecule has 7 heteroatoms. The van der Waals surface area contributed by atoms with E-state index in [0.29, 0.717) is 25.9 Å². The second-order valence-electron chi connectivity index (χ2n) is 6.97. The Bertz CT molecular complexity index is 506. The van der Waals surface area contributed by atoms with Crippen LogP contribution in [0.25, 0.3) is 0 Å². The van der Waals surface area contributed by atoms with E-state index in [1.807, 2.05) is 13.8 Å². The van der Waals surface area contributed by atoms with E-state index in [4.69, 9.17) is 5.73 Å². The second-order valence-corrected chi connectivity index (χ2v) is 6.97. The number of amides is 3. The van der Waals surface area contributed by atoms with Crippen molar-refractivity contribution in [2.24, 2.45) is 11.7 Å². The highest BCUT2D eigenvalue weighted by molar-refractivity contribution is 5.97.